The molecule has 3 heteroatoms. The number of nitrogens with one attached hydrogen (secondary N) is 1. The fraction of sp³-hybridized carbons (Fsp3) is 0.571. The Morgan fingerprint density at radius 3 is 2.88 bits per heavy atom. The Morgan fingerprint density at radius 1 is 1.53 bits per heavy atom. The lowest BCUT2D eigenvalue weighted by Crippen LogP contribution is -2.28. The standard InChI is InChI=1S/C14H22N2S/c1-14(2)7-9-16(11-14)12(6-8-15-3)13-5-4-10-17-13/h4-5,7,9-10,12,15H,6,8,11H2,1-3H3. The van der Waals surface area contributed by atoms with Crippen LogP contribution in [0.15, 0.2) is 29.8 Å². The van der Waals surface area contributed by atoms with Gasteiger partial charge in [0.25, 0.3) is 0 Å². The third-order valence-electron chi connectivity index (χ3n) is 3.25. The van der Waals surface area contributed by atoms with Crippen molar-refractivity contribution in [3.63, 3.8) is 0 Å². The minimum Gasteiger partial charge on any atom is -0.369 e. The van der Waals surface area contributed by atoms with Crippen molar-refractivity contribution >= 4 is 11.3 Å². The summed E-state index contributed by atoms with van der Waals surface area (Å²) in [5.41, 5.74) is 0.315. The van der Waals surface area contributed by atoms with Gasteiger partial charge in [0.05, 0.1) is 6.04 Å². The highest BCUT2D eigenvalue weighted by Gasteiger charge is 2.28. The summed E-state index contributed by atoms with van der Waals surface area (Å²) in [6.45, 7) is 6.78. The Labute approximate surface area is 108 Å². The molecular formula is C14H22N2S. The van der Waals surface area contributed by atoms with E-state index in [0.29, 0.717) is 11.5 Å². The third kappa shape index (κ3) is 3.11. The van der Waals surface area contributed by atoms with Crippen LogP contribution in [0.25, 0.3) is 0 Å². The zero-order valence-electron chi connectivity index (χ0n) is 10.9. The molecule has 17 heavy (non-hydrogen) atoms. The molecule has 1 aromatic rings. The first-order valence-electron chi connectivity index (χ1n) is 6.25. The Hall–Kier alpha value is -0.800. The summed E-state index contributed by atoms with van der Waals surface area (Å²) in [6.07, 6.45) is 5.77. The fourth-order valence-electron chi connectivity index (χ4n) is 2.32. The van der Waals surface area contributed by atoms with E-state index in [-0.39, 0.29) is 0 Å². The fourth-order valence-corrected chi connectivity index (χ4v) is 3.20. The summed E-state index contributed by atoms with van der Waals surface area (Å²) in [5, 5.41) is 5.43. The summed E-state index contributed by atoms with van der Waals surface area (Å²) in [4.78, 5) is 3.96. The van der Waals surface area contributed by atoms with Crippen LogP contribution in [-0.2, 0) is 0 Å². The maximum atomic E-state index is 3.26. The largest absolute Gasteiger partial charge is 0.369 e. The lowest BCUT2D eigenvalue weighted by atomic mass is 9.95. The van der Waals surface area contributed by atoms with Crippen molar-refractivity contribution in [1.82, 2.24) is 10.2 Å². The highest BCUT2D eigenvalue weighted by molar-refractivity contribution is 7.10. The second-order valence-corrected chi connectivity index (χ2v) is 6.38. The predicted octanol–water partition coefficient (Wildman–Crippen LogP) is 3.25. The van der Waals surface area contributed by atoms with E-state index in [9.17, 15) is 0 Å². The quantitative estimate of drug-likeness (QED) is 0.863. The summed E-state index contributed by atoms with van der Waals surface area (Å²) in [5.74, 6) is 0. The number of rotatable bonds is 5. The van der Waals surface area contributed by atoms with Crippen molar-refractivity contribution in [3.05, 3.63) is 34.7 Å². The molecule has 0 spiro atoms. The van der Waals surface area contributed by atoms with E-state index in [4.69, 9.17) is 0 Å². The summed E-state index contributed by atoms with van der Waals surface area (Å²) in [7, 11) is 2.02. The molecule has 0 fully saturated rings. The van der Waals surface area contributed by atoms with Crippen LogP contribution < -0.4 is 5.32 Å². The Bertz CT molecular complexity index is 368. The van der Waals surface area contributed by atoms with Crippen molar-refractivity contribution in [3.8, 4) is 0 Å². The summed E-state index contributed by atoms with van der Waals surface area (Å²) in [6, 6.07) is 4.93. The van der Waals surface area contributed by atoms with E-state index in [1.807, 2.05) is 18.4 Å². The van der Waals surface area contributed by atoms with Crippen LogP contribution >= 0.6 is 11.3 Å². The molecular weight excluding hydrogens is 228 g/mol. The minimum atomic E-state index is 0.315. The van der Waals surface area contributed by atoms with Gasteiger partial charge in [-0.2, -0.15) is 0 Å². The van der Waals surface area contributed by atoms with E-state index >= 15 is 0 Å². The van der Waals surface area contributed by atoms with Gasteiger partial charge in [0.1, 0.15) is 0 Å². The van der Waals surface area contributed by atoms with Crippen molar-refractivity contribution in [2.75, 3.05) is 20.1 Å². The SMILES string of the molecule is CNCCC(c1cccs1)N1C=CC(C)(C)C1. The molecule has 0 saturated heterocycles. The van der Waals surface area contributed by atoms with E-state index < -0.39 is 0 Å². The maximum absolute atomic E-state index is 3.26. The van der Waals surface area contributed by atoms with Gasteiger partial charge in [-0.15, -0.1) is 11.3 Å². The molecule has 1 atom stereocenters. The lowest BCUT2D eigenvalue weighted by Gasteiger charge is -2.30. The van der Waals surface area contributed by atoms with Gasteiger partial charge in [0, 0.05) is 16.8 Å². The molecule has 0 saturated carbocycles. The maximum Gasteiger partial charge on any atom is 0.0641 e. The van der Waals surface area contributed by atoms with Crippen molar-refractivity contribution in [2.24, 2.45) is 5.41 Å². The van der Waals surface area contributed by atoms with Gasteiger partial charge in [-0.3, -0.25) is 0 Å². The molecule has 0 bridgehead atoms. The number of nitrogens with zero attached hydrogens (tertiary/aromatic N) is 1. The van der Waals surface area contributed by atoms with Gasteiger partial charge >= 0.3 is 0 Å². The molecule has 1 aliphatic heterocycles. The van der Waals surface area contributed by atoms with E-state index in [2.05, 4.69) is 53.9 Å². The number of hydrogen-bond acceptors (Lipinski definition) is 3. The third-order valence-corrected chi connectivity index (χ3v) is 4.22. The average Bonchev–Trinajstić information content (AvgIpc) is 2.89. The smallest absolute Gasteiger partial charge is 0.0641 e. The zero-order chi connectivity index (χ0) is 12.3. The number of thiophene rings is 1. The van der Waals surface area contributed by atoms with Gasteiger partial charge in [0.15, 0.2) is 0 Å². The first kappa shape index (κ1) is 12.7. The zero-order valence-corrected chi connectivity index (χ0v) is 11.8. The summed E-state index contributed by atoms with van der Waals surface area (Å²) >= 11 is 1.87. The highest BCUT2D eigenvalue weighted by atomic mass is 32.1. The first-order chi connectivity index (χ1) is 8.12. The van der Waals surface area contributed by atoms with Gasteiger partial charge in [-0.05, 0) is 37.7 Å². The Kier molecular flexibility index (Phi) is 3.89. The van der Waals surface area contributed by atoms with Gasteiger partial charge in [-0.25, -0.2) is 0 Å². The molecule has 2 heterocycles. The van der Waals surface area contributed by atoms with Crippen LogP contribution in [0.5, 0.6) is 0 Å². The molecule has 2 nitrogen and oxygen atoms in total. The molecule has 0 aromatic carbocycles. The van der Waals surface area contributed by atoms with Gasteiger partial charge < -0.3 is 10.2 Å². The molecule has 0 amide bonds. The molecule has 94 valence electrons. The van der Waals surface area contributed by atoms with Gasteiger partial charge in [0.2, 0.25) is 0 Å². The minimum absolute atomic E-state index is 0.315. The van der Waals surface area contributed by atoms with Crippen molar-refractivity contribution < 1.29 is 0 Å². The molecule has 2 rings (SSSR count). The molecule has 0 aliphatic carbocycles. The summed E-state index contributed by atoms with van der Waals surface area (Å²) < 4.78 is 0. The van der Waals surface area contributed by atoms with Crippen molar-refractivity contribution in [2.45, 2.75) is 26.3 Å². The molecule has 1 aromatic heterocycles. The lowest BCUT2D eigenvalue weighted by molar-refractivity contribution is 0.239. The first-order valence-corrected chi connectivity index (χ1v) is 7.13. The predicted molar refractivity (Wildman–Crippen MR) is 75.2 cm³/mol. The number of hydrogen-bond donors (Lipinski definition) is 1. The van der Waals surface area contributed by atoms with Crippen LogP contribution in [0.2, 0.25) is 0 Å². The topological polar surface area (TPSA) is 15.3 Å². The van der Waals surface area contributed by atoms with Gasteiger partial charge in [-0.1, -0.05) is 26.0 Å². The average molecular weight is 250 g/mol. The Morgan fingerprint density at radius 2 is 2.35 bits per heavy atom. The monoisotopic (exact) mass is 250 g/mol. The highest BCUT2D eigenvalue weighted by Crippen LogP contribution is 2.35. The second-order valence-electron chi connectivity index (χ2n) is 5.40. The van der Waals surface area contributed by atoms with E-state index in [0.717, 1.165) is 19.5 Å². The van der Waals surface area contributed by atoms with E-state index in [1.54, 1.807) is 0 Å². The van der Waals surface area contributed by atoms with Crippen molar-refractivity contribution in [1.29, 1.82) is 0 Å². The van der Waals surface area contributed by atoms with Crippen LogP contribution in [0.1, 0.15) is 31.2 Å². The van der Waals surface area contributed by atoms with E-state index in [1.165, 1.54) is 4.88 Å². The normalized spacial score (nSPS) is 19.8. The van der Waals surface area contributed by atoms with Crippen LogP contribution in [0.3, 0.4) is 0 Å². The second kappa shape index (κ2) is 5.23. The molecule has 0 radical (unpaired) electrons. The molecule has 1 N–H and O–H groups in total. The molecule has 1 unspecified atom stereocenters. The van der Waals surface area contributed by atoms with Crippen LogP contribution in [-0.4, -0.2) is 25.0 Å². The molecule has 1 aliphatic rings. The van der Waals surface area contributed by atoms with Crippen LogP contribution in [0.4, 0.5) is 0 Å². The Balaban J connectivity index is 2.09. The van der Waals surface area contributed by atoms with Crippen LogP contribution in [0, 0.1) is 5.41 Å².